The van der Waals surface area contributed by atoms with Gasteiger partial charge in [0.2, 0.25) is 0 Å². The van der Waals surface area contributed by atoms with Gasteiger partial charge in [-0.25, -0.2) is 0 Å². The van der Waals surface area contributed by atoms with Crippen LogP contribution in [0.1, 0.15) is 59.3 Å². The van der Waals surface area contributed by atoms with E-state index in [1.165, 1.54) is 48.3 Å². The summed E-state index contributed by atoms with van der Waals surface area (Å²) in [6.07, 6.45) is 8.87. The number of hydrogen-bond donors (Lipinski definition) is 0. The van der Waals surface area contributed by atoms with E-state index < -0.39 is 27.4 Å². The van der Waals surface area contributed by atoms with Gasteiger partial charge in [-0.2, -0.15) is 11.1 Å². The maximum atomic E-state index is 5.48. The van der Waals surface area contributed by atoms with Crippen LogP contribution in [0.25, 0.3) is 0 Å². The van der Waals surface area contributed by atoms with Gasteiger partial charge >= 0.3 is 92.4 Å². The second kappa shape index (κ2) is 17.5. The smallest absolute Gasteiger partial charge is 0.118 e. The molecule has 0 aliphatic heterocycles. The molecule has 4 heteroatoms. The molecule has 1 atom stereocenters. The van der Waals surface area contributed by atoms with Crippen molar-refractivity contribution < 1.29 is 0 Å². The first kappa shape index (κ1) is 20.8. The van der Waals surface area contributed by atoms with Crippen LogP contribution < -0.4 is 0 Å². The second-order valence-corrected chi connectivity index (χ2v) is 27.2. The average Bonchev–Trinajstić information content (AvgIpc) is 2.27. The molecule has 106 valence electrons. The molecule has 0 aliphatic rings. The number of hydrogen-bond acceptors (Lipinski definition) is 0. The van der Waals surface area contributed by atoms with Crippen LogP contribution >= 0.6 is 11.1 Å². The summed E-state index contributed by atoms with van der Waals surface area (Å²) in [7, 11) is 0.725. The van der Waals surface area contributed by atoms with E-state index in [4.69, 9.17) is 11.1 Å². The fourth-order valence-corrected chi connectivity index (χ4v) is 12.8. The van der Waals surface area contributed by atoms with Gasteiger partial charge in [-0.15, -0.1) is 0 Å². The Balaban J connectivity index is 0. The maximum Gasteiger partial charge on any atom is 0.118 e. The third kappa shape index (κ3) is 23.1. The molecular weight excluding hydrogens is 366 g/mol. The minimum Gasteiger partial charge on any atom is -0.176 e. The predicted octanol–water partition coefficient (Wildman–Crippen LogP) is 4.05. The molecule has 17 heavy (non-hydrogen) atoms. The van der Waals surface area contributed by atoms with Gasteiger partial charge in [0.25, 0.3) is 0 Å². The van der Waals surface area contributed by atoms with Crippen molar-refractivity contribution in [1.29, 1.82) is 0 Å². The fraction of sp³-hybridized carbons (Fsp3) is 1.00. The summed E-state index contributed by atoms with van der Waals surface area (Å²) >= 11 is 4.51. The molecule has 0 aromatic heterocycles. The molecular formula is C13H35ClSi2Sn. The largest absolute Gasteiger partial charge is 0.176 e. The Morgan fingerprint density at radius 3 is 1.29 bits per heavy atom. The van der Waals surface area contributed by atoms with Gasteiger partial charge in [0, 0.05) is 9.76 Å². The normalized spacial score (nSPS) is 12.4. The Morgan fingerprint density at radius 1 is 0.882 bits per heavy atom. The van der Waals surface area contributed by atoms with Crippen molar-refractivity contribution in [3.8, 4) is 0 Å². The summed E-state index contributed by atoms with van der Waals surface area (Å²) in [5.41, 5.74) is 0. The molecule has 0 saturated carbocycles. The Bertz CT molecular complexity index is 113. The molecule has 0 aliphatic carbocycles. The number of unbranched alkanes of at least 4 members (excludes halogenated alkanes) is 3. The molecule has 0 nitrogen and oxygen atoms in total. The molecule has 0 radical (unpaired) electrons. The summed E-state index contributed by atoms with van der Waals surface area (Å²) in [6.45, 7) is 9.14. The van der Waals surface area contributed by atoms with Crippen molar-refractivity contribution in [2.45, 2.75) is 79.2 Å². The number of rotatable bonds is 9. The zero-order valence-corrected chi connectivity index (χ0v) is 20.1. The van der Waals surface area contributed by atoms with E-state index >= 15 is 0 Å². The van der Waals surface area contributed by atoms with Crippen LogP contribution in [-0.2, 0) is 0 Å². The van der Waals surface area contributed by atoms with E-state index in [0.29, 0.717) is 0 Å². The van der Waals surface area contributed by atoms with Crippen molar-refractivity contribution in [3.05, 3.63) is 0 Å². The van der Waals surface area contributed by atoms with Gasteiger partial charge in [0.15, 0.2) is 0 Å². The molecule has 0 amide bonds. The van der Waals surface area contributed by atoms with Crippen molar-refractivity contribution in [3.63, 3.8) is 0 Å². The van der Waals surface area contributed by atoms with Crippen LogP contribution in [0.5, 0.6) is 0 Å². The van der Waals surface area contributed by atoms with Crippen molar-refractivity contribution in [1.82, 2.24) is 0 Å². The molecule has 0 aromatic rings. The van der Waals surface area contributed by atoms with Crippen LogP contribution in [-0.4, -0.2) is 37.1 Å². The van der Waals surface area contributed by atoms with E-state index in [1.54, 1.807) is 13.3 Å². The van der Waals surface area contributed by atoms with E-state index in [-0.39, 0.29) is 0 Å². The van der Waals surface area contributed by atoms with Crippen molar-refractivity contribution in [2.24, 2.45) is 0 Å². The van der Waals surface area contributed by atoms with Crippen LogP contribution in [0.15, 0.2) is 0 Å². The zero-order valence-electron chi connectivity index (χ0n) is 12.9. The maximum absolute atomic E-state index is 5.48. The van der Waals surface area contributed by atoms with Gasteiger partial charge in [0.05, 0.1) is 0 Å². The van der Waals surface area contributed by atoms with E-state index in [2.05, 4.69) is 27.3 Å². The average molecular weight is 402 g/mol. The molecule has 0 aromatic carbocycles. The second-order valence-electron chi connectivity index (χ2n) is 5.31. The quantitative estimate of drug-likeness (QED) is 0.404. The van der Waals surface area contributed by atoms with Crippen molar-refractivity contribution in [2.75, 3.05) is 0 Å². The standard InChI is InChI=1S/3C4H9.CH7ClSi2.Sn.H/c3*1-3-4-2;1-4(2)3;;/h3*1,3-4H2,2H3;4H,1,3H3;;. The van der Waals surface area contributed by atoms with E-state index in [0.717, 1.165) is 0 Å². The number of halogens is 1. The Labute approximate surface area is 127 Å². The van der Waals surface area contributed by atoms with E-state index in [1.807, 2.05) is 0 Å². The predicted molar refractivity (Wildman–Crippen MR) is 95.1 cm³/mol. The topological polar surface area (TPSA) is 0 Å². The van der Waals surface area contributed by atoms with Gasteiger partial charge in [-0.1, -0.05) is 6.55 Å². The summed E-state index contributed by atoms with van der Waals surface area (Å²) in [5.74, 6) is 0. The summed E-state index contributed by atoms with van der Waals surface area (Å²) in [4.78, 5) is 0. The Kier molecular flexibility index (Phi) is 21.5. The van der Waals surface area contributed by atoms with Crippen LogP contribution in [0.4, 0.5) is 0 Å². The minimum atomic E-state index is -0.967. The van der Waals surface area contributed by atoms with Gasteiger partial charge in [-0.3, -0.25) is 0 Å². The summed E-state index contributed by atoms with van der Waals surface area (Å²) in [5, 5.41) is 0. The SMILES string of the molecule is CCC[CH2][SnH]([CH2]CCC)[CH2]CCC.C[SiH]([SiH3])Cl. The molecule has 0 heterocycles. The molecule has 0 fully saturated rings. The molecule has 0 spiro atoms. The van der Waals surface area contributed by atoms with Gasteiger partial charge in [0.1, 0.15) is 7.62 Å². The van der Waals surface area contributed by atoms with E-state index in [9.17, 15) is 0 Å². The molecule has 0 saturated heterocycles. The van der Waals surface area contributed by atoms with Crippen LogP contribution in [0.3, 0.4) is 0 Å². The van der Waals surface area contributed by atoms with Crippen LogP contribution in [0.2, 0.25) is 19.9 Å². The first-order chi connectivity index (χ1) is 8.08. The fourth-order valence-electron chi connectivity index (χ4n) is 1.91. The Morgan fingerprint density at radius 2 is 1.12 bits per heavy atom. The zero-order chi connectivity index (χ0) is 13.5. The molecule has 0 rings (SSSR count). The van der Waals surface area contributed by atoms with Crippen molar-refractivity contribution >= 4 is 48.2 Å². The summed E-state index contributed by atoms with van der Waals surface area (Å²) in [6, 6.07) is 0. The third-order valence-corrected chi connectivity index (χ3v) is 13.4. The summed E-state index contributed by atoms with van der Waals surface area (Å²) < 4.78 is 5.08. The third-order valence-electron chi connectivity index (χ3n) is 2.90. The molecule has 0 N–H and O–H groups in total. The van der Waals surface area contributed by atoms with Gasteiger partial charge in [-0.05, 0) is 0 Å². The monoisotopic (exact) mass is 402 g/mol. The molecule has 0 bridgehead atoms. The van der Waals surface area contributed by atoms with Crippen LogP contribution in [0, 0.1) is 0 Å². The minimum absolute atomic E-state index is 0.528. The Hall–Kier alpha value is 1.52. The first-order valence-corrected chi connectivity index (χ1v) is 22.2. The molecule has 1 unspecified atom stereocenters. The first-order valence-electron chi connectivity index (χ1n) is 7.72. The van der Waals surface area contributed by atoms with Gasteiger partial charge < -0.3 is 0 Å².